The van der Waals surface area contributed by atoms with Crippen LogP contribution in [-0.4, -0.2) is 64.3 Å². The Morgan fingerprint density at radius 2 is 1.06 bits per heavy atom. The van der Waals surface area contributed by atoms with Crippen molar-refractivity contribution in [3.05, 3.63) is 0 Å². The second-order valence-corrected chi connectivity index (χ2v) is 14.4. The Bertz CT molecular complexity index is 439. The number of hydrogen-bond donors (Lipinski definition) is 1. The predicted octanol–water partition coefficient (Wildman–Crippen LogP) is 8.44. The van der Waals surface area contributed by atoms with Gasteiger partial charge in [0, 0.05) is 19.8 Å². The lowest BCUT2D eigenvalue weighted by atomic mass is 10.1. The molecule has 0 amide bonds. The van der Waals surface area contributed by atoms with E-state index in [1.54, 1.807) is 0 Å². The van der Waals surface area contributed by atoms with Gasteiger partial charge in [-0.15, -0.1) is 0 Å². The van der Waals surface area contributed by atoms with Crippen molar-refractivity contribution in [3.8, 4) is 0 Å². The number of unbranched alkanes of at least 4 members (excludes halogenated alkanes) is 14. The highest BCUT2D eigenvalue weighted by Gasteiger charge is 2.27. The summed E-state index contributed by atoms with van der Waals surface area (Å²) in [6, 6.07) is 0. The molecule has 0 aliphatic carbocycles. The highest BCUT2D eigenvalue weighted by atomic mass is 28.4. The summed E-state index contributed by atoms with van der Waals surface area (Å²) in [5.74, 6) is 0. The largest absolute Gasteiger partial charge is 0.396 e. The van der Waals surface area contributed by atoms with Crippen LogP contribution in [0, 0.1) is 0 Å². The number of rotatable bonds is 29. The topological polar surface area (TPSA) is 51.2 Å². The normalized spacial score (nSPS) is 13.1. The van der Waals surface area contributed by atoms with Gasteiger partial charge in [0.1, 0.15) is 6.29 Å². The van der Waals surface area contributed by atoms with Gasteiger partial charge in [0.05, 0.1) is 0 Å². The van der Waals surface area contributed by atoms with Crippen molar-refractivity contribution in [2.24, 2.45) is 0 Å². The zero-order chi connectivity index (χ0) is 26.7. The van der Waals surface area contributed by atoms with Gasteiger partial charge < -0.3 is 23.6 Å². The molecular formula is C30H65NO4Si. The first-order valence-electron chi connectivity index (χ1n) is 15.7. The Hall–Kier alpha value is 0.0169. The number of hydrogen-bond acceptors (Lipinski definition) is 5. The molecule has 0 aromatic rings. The van der Waals surface area contributed by atoms with Crippen molar-refractivity contribution in [2.75, 3.05) is 39.5 Å². The zero-order valence-electron chi connectivity index (χ0n) is 25.2. The minimum absolute atomic E-state index is 0.176. The van der Waals surface area contributed by atoms with E-state index in [-0.39, 0.29) is 6.29 Å². The monoisotopic (exact) mass is 531 g/mol. The molecule has 1 atom stereocenters. The Morgan fingerprint density at radius 3 is 1.61 bits per heavy atom. The van der Waals surface area contributed by atoms with Crippen LogP contribution >= 0.6 is 0 Å². The molecule has 0 spiro atoms. The lowest BCUT2D eigenvalue weighted by Crippen LogP contribution is -2.39. The van der Waals surface area contributed by atoms with Crippen molar-refractivity contribution in [1.82, 2.24) is 4.90 Å². The average molecular weight is 532 g/mol. The van der Waals surface area contributed by atoms with Crippen LogP contribution < -0.4 is 0 Å². The smallest absolute Gasteiger partial charge is 0.333 e. The van der Waals surface area contributed by atoms with Crippen LogP contribution in [0.25, 0.3) is 0 Å². The van der Waals surface area contributed by atoms with Crippen molar-refractivity contribution in [1.29, 1.82) is 0 Å². The van der Waals surface area contributed by atoms with E-state index in [0.29, 0.717) is 6.61 Å². The van der Waals surface area contributed by atoms with Gasteiger partial charge in [0.15, 0.2) is 0 Å². The maximum Gasteiger partial charge on any atom is 0.333 e. The van der Waals surface area contributed by atoms with Crippen LogP contribution in [0.2, 0.25) is 13.1 Å². The molecule has 0 saturated heterocycles. The van der Waals surface area contributed by atoms with Crippen molar-refractivity contribution >= 4 is 8.56 Å². The molecule has 1 unspecified atom stereocenters. The maximum absolute atomic E-state index is 9.08. The fourth-order valence-corrected chi connectivity index (χ4v) is 6.18. The van der Waals surface area contributed by atoms with Gasteiger partial charge in [-0.1, -0.05) is 90.9 Å². The molecule has 36 heavy (non-hydrogen) atoms. The van der Waals surface area contributed by atoms with Gasteiger partial charge in [-0.2, -0.15) is 0 Å². The van der Waals surface area contributed by atoms with E-state index in [1.807, 2.05) is 6.92 Å². The van der Waals surface area contributed by atoms with Gasteiger partial charge in [-0.3, -0.25) is 0 Å². The summed E-state index contributed by atoms with van der Waals surface area (Å²) in [5, 5.41) is 9.08. The van der Waals surface area contributed by atoms with Gasteiger partial charge >= 0.3 is 8.56 Å². The van der Waals surface area contributed by atoms with E-state index < -0.39 is 8.56 Å². The highest BCUT2D eigenvalue weighted by molar-refractivity contribution is 6.64. The highest BCUT2D eigenvalue weighted by Crippen LogP contribution is 2.14. The first kappa shape index (κ1) is 36.0. The van der Waals surface area contributed by atoms with Crippen LogP contribution in [0.15, 0.2) is 0 Å². The van der Waals surface area contributed by atoms with E-state index >= 15 is 0 Å². The van der Waals surface area contributed by atoms with E-state index in [2.05, 4.69) is 31.8 Å². The standard InChI is InChI=1S/C30H65NO4Si/c1-6-8-10-12-13-14-16-22-28-33-30(3)35-36(4,5)34-29-23-17-15-19-25-31(26-20-21-27-32)24-18-11-9-7-2/h30,32H,6-29H2,1-5H3. The SMILES string of the molecule is CCCCCCCCCCOC(C)O[Si](C)(C)OCCCCCCN(CCCCO)CCCCCC. The summed E-state index contributed by atoms with van der Waals surface area (Å²) in [5.41, 5.74) is 0. The maximum atomic E-state index is 9.08. The van der Waals surface area contributed by atoms with Gasteiger partial charge in [-0.05, 0) is 78.2 Å². The summed E-state index contributed by atoms with van der Waals surface area (Å²) in [6.07, 6.45) is 22.5. The Kier molecular flexibility index (Phi) is 26.6. The molecule has 0 rings (SSSR count). The van der Waals surface area contributed by atoms with E-state index in [1.165, 1.54) is 103 Å². The second kappa shape index (κ2) is 26.6. The minimum atomic E-state index is -2.14. The van der Waals surface area contributed by atoms with Gasteiger partial charge in [0.25, 0.3) is 0 Å². The molecule has 218 valence electrons. The van der Waals surface area contributed by atoms with Crippen LogP contribution in [-0.2, 0) is 13.6 Å². The van der Waals surface area contributed by atoms with Crippen molar-refractivity contribution in [2.45, 2.75) is 156 Å². The third-order valence-corrected chi connectivity index (χ3v) is 8.63. The first-order chi connectivity index (χ1) is 17.4. The van der Waals surface area contributed by atoms with Crippen molar-refractivity contribution < 1.29 is 18.7 Å². The second-order valence-electron chi connectivity index (χ2n) is 11.0. The summed E-state index contributed by atoms with van der Waals surface area (Å²) >= 11 is 0. The first-order valence-corrected chi connectivity index (χ1v) is 18.5. The van der Waals surface area contributed by atoms with Crippen LogP contribution in [0.3, 0.4) is 0 Å². The zero-order valence-corrected chi connectivity index (χ0v) is 26.2. The molecule has 5 nitrogen and oxygen atoms in total. The molecule has 0 radical (unpaired) electrons. The molecule has 0 heterocycles. The Labute approximate surface area is 227 Å². The Balaban J connectivity index is 3.79. The number of aliphatic hydroxyl groups is 1. The summed E-state index contributed by atoms with van der Waals surface area (Å²) in [6.45, 7) is 16.2. The Morgan fingerprint density at radius 1 is 0.611 bits per heavy atom. The molecule has 1 N–H and O–H groups in total. The molecular weight excluding hydrogens is 466 g/mol. The van der Waals surface area contributed by atoms with Crippen LogP contribution in [0.5, 0.6) is 0 Å². The van der Waals surface area contributed by atoms with Crippen molar-refractivity contribution in [3.63, 3.8) is 0 Å². The summed E-state index contributed by atoms with van der Waals surface area (Å²) in [7, 11) is -2.14. The molecule has 0 saturated carbocycles. The molecule has 0 aromatic carbocycles. The predicted molar refractivity (Wildman–Crippen MR) is 158 cm³/mol. The minimum Gasteiger partial charge on any atom is -0.396 e. The molecule has 0 aliphatic heterocycles. The molecule has 0 aliphatic rings. The molecule has 0 aromatic heterocycles. The molecule has 0 bridgehead atoms. The quantitative estimate of drug-likeness (QED) is 0.0596. The fourth-order valence-electron chi connectivity index (χ4n) is 4.61. The van der Waals surface area contributed by atoms with Crippen LogP contribution in [0.1, 0.15) is 136 Å². The average Bonchev–Trinajstić information content (AvgIpc) is 2.84. The number of ether oxygens (including phenoxy) is 1. The number of aliphatic hydroxyl groups excluding tert-OH is 1. The van der Waals surface area contributed by atoms with Gasteiger partial charge in [-0.25, -0.2) is 0 Å². The molecule has 6 heteroatoms. The third-order valence-electron chi connectivity index (χ3n) is 6.83. The van der Waals surface area contributed by atoms with E-state index in [0.717, 1.165) is 45.4 Å². The summed E-state index contributed by atoms with van der Waals surface area (Å²) in [4.78, 5) is 2.61. The van der Waals surface area contributed by atoms with Crippen LogP contribution in [0.4, 0.5) is 0 Å². The summed E-state index contributed by atoms with van der Waals surface area (Å²) < 4.78 is 18.2. The third kappa shape index (κ3) is 25.7. The lowest BCUT2D eigenvalue weighted by Gasteiger charge is -2.27. The fraction of sp³-hybridized carbons (Fsp3) is 1.00. The lowest BCUT2D eigenvalue weighted by molar-refractivity contribution is -0.0864. The van der Waals surface area contributed by atoms with E-state index in [4.69, 9.17) is 18.7 Å². The molecule has 0 fully saturated rings. The van der Waals surface area contributed by atoms with E-state index in [9.17, 15) is 0 Å². The van der Waals surface area contributed by atoms with Gasteiger partial charge in [0.2, 0.25) is 0 Å². The number of nitrogens with zero attached hydrogens (tertiary/aromatic N) is 1.